The van der Waals surface area contributed by atoms with E-state index in [2.05, 4.69) is 5.32 Å². The number of para-hydroxylation sites is 1. The number of benzene rings is 1. The molecule has 0 bridgehead atoms. The predicted octanol–water partition coefficient (Wildman–Crippen LogP) is 1.77. The minimum atomic E-state index is -3.75. The van der Waals surface area contributed by atoms with E-state index in [0.717, 1.165) is 13.0 Å². The normalized spacial score (nSPS) is 20.2. The van der Waals surface area contributed by atoms with E-state index in [1.54, 1.807) is 0 Å². The summed E-state index contributed by atoms with van der Waals surface area (Å²) in [6, 6.07) is 3.98. The highest BCUT2D eigenvalue weighted by molar-refractivity contribution is 7.92. The first kappa shape index (κ1) is 14.2. The molecule has 2 rings (SSSR count). The van der Waals surface area contributed by atoms with Gasteiger partial charge in [0.25, 0.3) is 0 Å². The first-order chi connectivity index (χ1) is 8.94. The standard InChI is InChI=1S/C11H13ClN2O4S/c12-9-4-1-5-10(11(9)14(15)16)19(17,18)8-3-2-6-13-7-8/h1,4-5,8,13H,2-3,6-7H2. The van der Waals surface area contributed by atoms with Crippen molar-refractivity contribution in [3.05, 3.63) is 33.3 Å². The van der Waals surface area contributed by atoms with Crippen LogP contribution in [0.1, 0.15) is 12.8 Å². The highest BCUT2D eigenvalue weighted by Crippen LogP contribution is 2.34. The molecule has 1 aromatic rings. The van der Waals surface area contributed by atoms with Crippen LogP contribution in [0.2, 0.25) is 5.02 Å². The second-order valence-electron chi connectivity index (χ2n) is 4.36. The van der Waals surface area contributed by atoms with Crippen LogP contribution >= 0.6 is 11.6 Å². The summed E-state index contributed by atoms with van der Waals surface area (Å²) in [6.07, 6.45) is 1.23. The molecule has 0 aromatic heterocycles. The molecule has 19 heavy (non-hydrogen) atoms. The van der Waals surface area contributed by atoms with Crippen molar-refractivity contribution in [3.8, 4) is 0 Å². The van der Waals surface area contributed by atoms with Crippen LogP contribution in [0.25, 0.3) is 0 Å². The second kappa shape index (κ2) is 5.44. The molecule has 1 aliphatic heterocycles. The maximum atomic E-state index is 12.5. The SMILES string of the molecule is O=[N+]([O-])c1c(Cl)cccc1S(=O)(=O)C1CCCNC1. The predicted molar refractivity (Wildman–Crippen MR) is 71.2 cm³/mol. The average Bonchev–Trinajstić information content (AvgIpc) is 2.39. The summed E-state index contributed by atoms with van der Waals surface area (Å²) in [5, 5.41) is 13.2. The van der Waals surface area contributed by atoms with Crippen LogP contribution in [0.5, 0.6) is 0 Å². The van der Waals surface area contributed by atoms with Gasteiger partial charge in [0.1, 0.15) is 9.92 Å². The van der Waals surface area contributed by atoms with Gasteiger partial charge in [0.15, 0.2) is 9.84 Å². The number of nitrogens with zero attached hydrogens (tertiary/aromatic N) is 1. The van der Waals surface area contributed by atoms with Crippen molar-refractivity contribution in [3.63, 3.8) is 0 Å². The van der Waals surface area contributed by atoms with Crippen molar-refractivity contribution in [1.82, 2.24) is 5.32 Å². The first-order valence-corrected chi connectivity index (χ1v) is 7.74. The van der Waals surface area contributed by atoms with Crippen molar-refractivity contribution in [2.75, 3.05) is 13.1 Å². The number of nitrogens with one attached hydrogen (secondary N) is 1. The summed E-state index contributed by atoms with van der Waals surface area (Å²) in [7, 11) is -3.75. The van der Waals surface area contributed by atoms with Crippen molar-refractivity contribution >= 4 is 27.1 Å². The third-order valence-electron chi connectivity index (χ3n) is 3.13. The number of piperidine rings is 1. The Morgan fingerprint density at radius 1 is 1.42 bits per heavy atom. The van der Waals surface area contributed by atoms with E-state index in [9.17, 15) is 18.5 Å². The minimum absolute atomic E-state index is 0.158. The number of rotatable bonds is 3. The van der Waals surface area contributed by atoms with E-state index in [4.69, 9.17) is 11.6 Å². The molecule has 8 heteroatoms. The van der Waals surface area contributed by atoms with Crippen LogP contribution in [0.15, 0.2) is 23.1 Å². The molecular formula is C11H13ClN2O4S. The molecule has 1 aromatic carbocycles. The molecule has 104 valence electrons. The summed E-state index contributed by atoms with van der Waals surface area (Å²) in [5.41, 5.74) is -0.533. The maximum absolute atomic E-state index is 12.5. The van der Waals surface area contributed by atoms with E-state index in [1.807, 2.05) is 0 Å². The van der Waals surface area contributed by atoms with Gasteiger partial charge in [-0.05, 0) is 31.5 Å². The van der Waals surface area contributed by atoms with Crippen molar-refractivity contribution in [2.45, 2.75) is 23.0 Å². The third kappa shape index (κ3) is 2.72. The Morgan fingerprint density at radius 2 is 2.16 bits per heavy atom. The van der Waals surface area contributed by atoms with Gasteiger partial charge in [0.05, 0.1) is 10.2 Å². The lowest BCUT2D eigenvalue weighted by atomic mass is 10.2. The van der Waals surface area contributed by atoms with Crippen LogP contribution in [0, 0.1) is 10.1 Å². The fourth-order valence-electron chi connectivity index (χ4n) is 2.17. The van der Waals surface area contributed by atoms with E-state index in [-0.39, 0.29) is 9.92 Å². The Morgan fingerprint density at radius 3 is 2.74 bits per heavy atom. The molecule has 1 saturated heterocycles. The van der Waals surface area contributed by atoms with E-state index in [1.165, 1.54) is 18.2 Å². The lowest BCUT2D eigenvalue weighted by Gasteiger charge is -2.22. The van der Waals surface area contributed by atoms with Gasteiger partial charge < -0.3 is 5.32 Å². The first-order valence-electron chi connectivity index (χ1n) is 5.82. The van der Waals surface area contributed by atoms with Crippen LogP contribution in [0.3, 0.4) is 0 Å². The van der Waals surface area contributed by atoms with E-state index >= 15 is 0 Å². The monoisotopic (exact) mass is 304 g/mol. The molecule has 1 unspecified atom stereocenters. The number of nitro groups is 1. The molecule has 0 saturated carbocycles. The highest BCUT2D eigenvalue weighted by atomic mass is 35.5. The van der Waals surface area contributed by atoms with Gasteiger partial charge in [-0.25, -0.2) is 8.42 Å². The van der Waals surface area contributed by atoms with Gasteiger partial charge >= 0.3 is 5.69 Å². The lowest BCUT2D eigenvalue weighted by Crippen LogP contribution is -2.38. The van der Waals surface area contributed by atoms with Crippen molar-refractivity contribution in [1.29, 1.82) is 0 Å². The smallest absolute Gasteiger partial charge is 0.306 e. The van der Waals surface area contributed by atoms with Gasteiger partial charge in [0.2, 0.25) is 0 Å². The van der Waals surface area contributed by atoms with E-state index in [0.29, 0.717) is 13.0 Å². The molecular weight excluding hydrogens is 292 g/mol. The quantitative estimate of drug-likeness (QED) is 0.679. The summed E-state index contributed by atoms with van der Waals surface area (Å²) in [5.74, 6) is 0. The zero-order valence-electron chi connectivity index (χ0n) is 10.0. The van der Waals surface area contributed by atoms with Crippen LogP contribution in [-0.4, -0.2) is 31.7 Å². The zero-order valence-corrected chi connectivity index (χ0v) is 11.6. The highest BCUT2D eigenvalue weighted by Gasteiger charge is 2.35. The van der Waals surface area contributed by atoms with Gasteiger partial charge in [0, 0.05) is 6.54 Å². The van der Waals surface area contributed by atoms with Crippen LogP contribution in [0.4, 0.5) is 5.69 Å². The van der Waals surface area contributed by atoms with Gasteiger partial charge in [-0.15, -0.1) is 0 Å². The molecule has 0 spiro atoms. The lowest BCUT2D eigenvalue weighted by molar-refractivity contribution is -0.387. The molecule has 1 aliphatic rings. The maximum Gasteiger partial charge on any atom is 0.306 e. The topological polar surface area (TPSA) is 89.3 Å². The molecule has 1 heterocycles. The summed E-state index contributed by atoms with van der Waals surface area (Å²) < 4.78 is 24.9. The molecule has 1 atom stereocenters. The average molecular weight is 305 g/mol. The summed E-state index contributed by atoms with van der Waals surface area (Å²) in [6.45, 7) is 1.08. The summed E-state index contributed by atoms with van der Waals surface area (Å²) in [4.78, 5) is 9.98. The fraction of sp³-hybridized carbons (Fsp3) is 0.455. The van der Waals surface area contributed by atoms with Gasteiger partial charge in [-0.2, -0.15) is 0 Å². The van der Waals surface area contributed by atoms with Crippen molar-refractivity contribution in [2.24, 2.45) is 0 Å². The number of hydrogen-bond donors (Lipinski definition) is 1. The van der Waals surface area contributed by atoms with Crippen LogP contribution < -0.4 is 5.32 Å². The Hall–Kier alpha value is -1.18. The minimum Gasteiger partial charge on any atom is -0.315 e. The molecule has 1 N–H and O–H groups in total. The Kier molecular flexibility index (Phi) is 4.07. The van der Waals surface area contributed by atoms with Crippen LogP contribution in [-0.2, 0) is 9.84 Å². The van der Waals surface area contributed by atoms with Crippen molar-refractivity contribution < 1.29 is 13.3 Å². The number of nitro benzene ring substituents is 1. The molecule has 0 aliphatic carbocycles. The molecule has 6 nitrogen and oxygen atoms in total. The summed E-state index contributed by atoms with van der Waals surface area (Å²) >= 11 is 5.75. The number of hydrogen-bond acceptors (Lipinski definition) is 5. The zero-order chi connectivity index (χ0) is 14.0. The molecule has 0 radical (unpaired) electrons. The molecule has 1 fully saturated rings. The third-order valence-corrected chi connectivity index (χ3v) is 5.66. The van der Waals surface area contributed by atoms with Gasteiger partial charge in [-0.1, -0.05) is 17.7 Å². The van der Waals surface area contributed by atoms with Gasteiger partial charge in [-0.3, -0.25) is 10.1 Å². The second-order valence-corrected chi connectivity index (χ2v) is 6.96. The van der Waals surface area contributed by atoms with E-state index < -0.39 is 25.7 Å². The fourth-order valence-corrected chi connectivity index (χ4v) is 4.36. The number of halogens is 1. The molecule has 0 amide bonds. The number of sulfone groups is 1. The Balaban J connectivity index is 2.51. The largest absolute Gasteiger partial charge is 0.315 e. The Bertz CT molecular complexity index is 597. The Labute approximate surface area is 115 Å².